The van der Waals surface area contributed by atoms with Crippen molar-refractivity contribution in [2.45, 2.75) is 45.2 Å². The Morgan fingerprint density at radius 1 is 1.40 bits per heavy atom. The molecule has 0 spiro atoms. The Bertz CT molecular complexity index is 649. The van der Waals surface area contributed by atoms with Crippen LogP contribution in [0.5, 0.6) is 0 Å². The van der Waals surface area contributed by atoms with Crippen molar-refractivity contribution in [3.05, 3.63) is 35.9 Å². The number of hydrogen-bond acceptors (Lipinski definition) is 6. The fraction of sp³-hybridized carbons (Fsp3) is 0.588. The summed E-state index contributed by atoms with van der Waals surface area (Å²) in [5.41, 5.74) is 0. The van der Waals surface area contributed by atoms with Crippen LogP contribution >= 0.6 is 0 Å². The summed E-state index contributed by atoms with van der Waals surface area (Å²) in [7, 11) is 0. The molecule has 25 heavy (non-hydrogen) atoms. The molecular formula is C17H25N5O3. The number of guanidine groups is 1. The van der Waals surface area contributed by atoms with E-state index in [2.05, 4.69) is 25.8 Å². The van der Waals surface area contributed by atoms with Gasteiger partial charge in [0.2, 0.25) is 5.89 Å². The molecule has 0 radical (unpaired) electrons. The Kier molecular flexibility index (Phi) is 6.44. The molecule has 3 rings (SSSR count). The number of nitrogens with one attached hydrogen (secondary N) is 2. The summed E-state index contributed by atoms with van der Waals surface area (Å²) >= 11 is 0. The molecule has 0 saturated heterocycles. The average molecular weight is 347 g/mol. The minimum atomic E-state index is 0.440. The Balaban J connectivity index is 1.49. The van der Waals surface area contributed by atoms with Gasteiger partial charge in [-0.1, -0.05) is 5.16 Å². The third-order valence-corrected chi connectivity index (χ3v) is 3.77. The lowest BCUT2D eigenvalue weighted by atomic mass is 10.4. The summed E-state index contributed by atoms with van der Waals surface area (Å²) in [5.74, 6) is 3.36. The Labute approximate surface area is 147 Å². The Morgan fingerprint density at radius 3 is 3.08 bits per heavy atom. The molecule has 0 atom stereocenters. The molecule has 0 amide bonds. The van der Waals surface area contributed by atoms with E-state index in [9.17, 15) is 0 Å². The van der Waals surface area contributed by atoms with Crippen molar-refractivity contribution in [2.75, 3.05) is 19.8 Å². The van der Waals surface area contributed by atoms with Gasteiger partial charge in [0.25, 0.3) is 0 Å². The lowest BCUT2D eigenvalue weighted by molar-refractivity contribution is 0.145. The van der Waals surface area contributed by atoms with Crippen molar-refractivity contribution in [1.29, 1.82) is 0 Å². The second kappa shape index (κ2) is 9.22. The van der Waals surface area contributed by atoms with Gasteiger partial charge in [-0.3, -0.25) is 0 Å². The van der Waals surface area contributed by atoms with E-state index >= 15 is 0 Å². The van der Waals surface area contributed by atoms with E-state index in [0.717, 1.165) is 50.6 Å². The van der Waals surface area contributed by atoms with E-state index in [1.807, 2.05) is 19.1 Å². The van der Waals surface area contributed by atoms with Crippen LogP contribution in [0.1, 0.15) is 49.6 Å². The van der Waals surface area contributed by atoms with Crippen molar-refractivity contribution in [1.82, 2.24) is 20.8 Å². The first kappa shape index (κ1) is 17.5. The quantitative estimate of drug-likeness (QED) is 0.386. The van der Waals surface area contributed by atoms with E-state index in [4.69, 9.17) is 13.7 Å². The van der Waals surface area contributed by atoms with Crippen molar-refractivity contribution in [3.63, 3.8) is 0 Å². The van der Waals surface area contributed by atoms with Gasteiger partial charge in [0.05, 0.1) is 12.8 Å². The Hall–Kier alpha value is -2.35. The third-order valence-electron chi connectivity index (χ3n) is 3.77. The molecule has 0 aliphatic heterocycles. The van der Waals surface area contributed by atoms with Gasteiger partial charge in [-0.15, -0.1) is 0 Å². The van der Waals surface area contributed by atoms with Crippen LogP contribution in [0.4, 0.5) is 0 Å². The summed E-state index contributed by atoms with van der Waals surface area (Å²) in [6.45, 7) is 5.12. The monoisotopic (exact) mass is 347 g/mol. The molecular weight excluding hydrogens is 322 g/mol. The molecule has 0 unspecified atom stereocenters. The topological polar surface area (TPSA) is 97.7 Å². The van der Waals surface area contributed by atoms with Crippen LogP contribution in [-0.4, -0.2) is 35.9 Å². The molecule has 8 nitrogen and oxygen atoms in total. The molecule has 2 heterocycles. The third kappa shape index (κ3) is 5.90. The number of hydrogen-bond donors (Lipinski definition) is 2. The molecule has 1 saturated carbocycles. The van der Waals surface area contributed by atoms with Crippen LogP contribution in [-0.2, 0) is 17.8 Å². The first-order chi connectivity index (χ1) is 12.3. The van der Waals surface area contributed by atoms with Crippen LogP contribution < -0.4 is 10.6 Å². The van der Waals surface area contributed by atoms with Crippen LogP contribution in [0.25, 0.3) is 0 Å². The van der Waals surface area contributed by atoms with Gasteiger partial charge in [0, 0.05) is 25.7 Å². The van der Waals surface area contributed by atoms with Crippen LogP contribution in [0.3, 0.4) is 0 Å². The number of aliphatic imine (C=N–C) groups is 1. The van der Waals surface area contributed by atoms with Gasteiger partial charge in [0.15, 0.2) is 11.8 Å². The van der Waals surface area contributed by atoms with Gasteiger partial charge < -0.3 is 24.3 Å². The summed E-state index contributed by atoms with van der Waals surface area (Å²) in [6, 6.07) is 3.75. The summed E-state index contributed by atoms with van der Waals surface area (Å²) in [5, 5.41) is 10.5. The van der Waals surface area contributed by atoms with E-state index in [0.29, 0.717) is 30.9 Å². The second-order valence-electron chi connectivity index (χ2n) is 5.90. The zero-order chi connectivity index (χ0) is 17.3. The number of furan rings is 1. The van der Waals surface area contributed by atoms with Crippen molar-refractivity contribution in [3.8, 4) is 0 Å². The number of aromatic nitrogens is 2. The van der Waals surface area contributed by atoms with E-state index in [1.54, 1.807) is 6.26 Å². The second-order valence-corrected chi connectivity index (χ2v) is 5.90. The highest BCUT2D eigenvalue weighted by Crippen LogP contribution is 2.37. The molecule has 8 heteroatoms. The fourth-order valence-corrected chi connectivity index (χ4v) is 2.27. The highest BCUT2D eigenvalue weighted by molar-refractivity contribution is 5.79. The van der Waals surface area contributed by atoms with Gasteiger partial charge in [0.1, 0.15) is 12.3 Å². The largest absolute Gasteiger partial charge is 0.467 e. The van der Waals surface area contributed by atoms with Crippen LogP contribution in [0.15, 0.2) is 32.3 Å². The smallest absolute Gasteiger partial charge is 0.246 e. The molecule has 2 aromatic rings. The van der Waals surface area contributed by atoms with Crippen molar-refractivity contribution in [2.24, 2.45) is 4.99 Å². The molecule has 1 aliphatic rings. The summed E-state index contributed by atoms with van der Waals surface area (Å²) < 4.78 is 15.9. The van der Waals surface area contributed by atoms with Crippen LogP contribution in [0, 0.1) is 0 Å². The Morgan fingerprint density at radius 2 is 2.32 bits per heavy atom. The first-order valence-electron chi connectivity index (χ1n) is 8.80. The molecule has 136 valence electrons. The molecule has 2 N–H and O–H groups in total. The molecule has 0 bridgehead atoms. The maximum absolute atomic E-state index is 5.35. The minimum Gasteiger partial charge on any atom is -0.467 e. The minimum absolute atomic E-state index is 0.440. The number of rotatable bonds is 10. The van der Waals surface area contributed by atoms with Gasteiger partial charge >= 0.3 is 0 Å². The standard InChI is InChI=1S/C17H25N5O3/c1-2-23-9-4-8-18-17(19-11-14-5-3-10-24-14)20-12-15-21-16(22-25-15)13-6-7-13/h3,5,10,13H,2,4,6-9,11-12H2,1H3,(H2,18,19,20). The van der Waals surface area contributed by atoms with E-state index < -0.39 is 0 Å². The van der Waals surface area contributed by atoms with Gasteiger partial charge in [-0.25, -0.2) is 4.99 Å². The van der Waals surface area contributed by atoms with Gasteiger partial charge in [-0.2, -0.15) is 4.98 Å². The van der Waals surface area contributed by atoms with Crippen molar-refractivity contribution >= 4 is 5.96 Å². The van der Waals surface area contributed by atoms with Gasteiger partial charge in [-0.05, 0) is 38.3 Å². The lowest BCUT2D eigenvalue weighted by Crippen LogP contribution is -2.38. The molecule has 1 fully saturated rings. The summed E-state index contributed by atoms with van der Waals surface area (Å²) in [4.78, 5) is 8.94. The van der Waals surface area contributed by atoms with Crippen molar-refractivity contribution < 1.29 is 13.7 Å². The number of nitrogens with zero attached hydrogens (tertiary/aromatic N) is 3. The SMILES string of the molecule is CCOCCCNC(=NCc1ccco1)NCc1nc(C2CC2)no1. The summed E-state index contributed by atoms with van der Waals surface area (Å²) in [6.07, 6.45) is 4.86. The maximum Gasteiger partial charge on any atom is 0.246 e. The lowest BCUT2D eigenvalue weighted by Gasteiger charge is -2.11. The zero-order valence-electron chi connectivity index (χ0n) is 14.5. The first-order valence-corrected chi connectivity index (χ1v) is 8.80. The number of ether oxygens (including phenoxy) is 1. The zero-order valence-corrected chi connectivity index (χ0v) is 14.5. The highest BCUT2D eigenvalue weighted by atomic mass is 16.5. The predicted molar refractivity (Wildman–Crippen MR) is 92.1 cm³/mol. The maximum atomic E-state index is 5.35. The normalized spacial score (nSPS) is 14.7. The molecule has 1 aliphatic carbocycles. The van der Waals surface area contributed by atoms with E-state index in [1.165, 1.54) is 0 Å². The fourth-order valence-electron chi connectivity index (χ4n) is 2.27. The molecule has 2 aromatic heterocycles. The van der Waals surface area contributed by atoms with Crippen LogP contribution in [0.2, 0.25) is 0 Å². The highest BCUT2D eigenvalue weighted by Gasteiger charge is 2.28. The molecule has 0 aromatic carbocycles. The van der Waals surface area contributed by atoms with E-state index in [-0.39, 0.29) is 0 Å². The predicted octanol–water partition coefficient (Wildman–Crippen LogP) is 2.20. The average Bonchev–Trinajstić information content (AvgIpc) is 3.15.